The highest BCUT2D eigenvalue weighted by Crippen LogP contribution is 2.32. The van der Waals surface area contributed by atoms with Gasteiger partial charge in [-0.2, -0.15) is 21.6 Å². The van der Waals surface area contributed by atoms with Crippen LogP contribution in [0.5, 0.6) is 5.75 Å². The molecule has 0 unspecified atom stereocenters. The quantitative estimate of drug-likeness (QED) is 0.495. The Hall–Kier alpha value is -2.55. The lowest BCUT2D eigenvalue weighted by Crippen LogP contribution is -2.40. The smallest absolute Gasteiger partial charge is 0.379 e. The second kappa shape index (κ2) is 9.52. The number of halogens is 3. The number of hydrogen-bond acceptors (Lipinski definition) is 4. The third kappa shape index (κ3) is 6.03. The summed E-state index contributed by atoms with van der Waals surface area (Å²) in [6, 6.07) is 9.57. The number of alkyl halides is 3. The third-order valence-electron chi connectivity index (χ3n) is 5.30. The molecule has 0 radical (unpaired) electrons. The maximum atomic E-state index is 12.9. The molecule has 0 N–H and O–H groups in total. The van der Waals surface area contributed by atoms with Gasteiger partial charge in [-0.25, -0.2) is 0 Å². The van der Waals surface area contributed by atoms with Crippen molar-refractivity contribution in [1.29, 1.82) is 0 Å². The molecule has 9 heteroatoms. The highest BCUT2D eigenvalue weighted by Gasteiger charge is 2.32. The summed E-state index contributed by atoms with van der Waals surface area (Å²) in [4.78, 5) is 14.0. The van der Waals surface area contributed by atoms with Gasteiger partial charge in [-0.1, -0.05) is 38.5 Å². The molecule has 0 spiro atoms. The van der Waals surface area contributed by atoms with E-state index in [1.807, 2.05) is 18.7 Å². The number of rotatable bonds is 8. The summed E-state index contributed by atoms with van der Waals surface area (Å²) in [6.45, 7) is 5.10. The Morgan fingerprint density at radius 3 is 2.31 bits per heavy atom. The zero-order valence-corrected chi connectivity index (χ0v) is 18.7. The number of carbonyl (C=O) groups excluding carboxylic acids is 1. The van der Waals surface area contributed by atoms with Gasteiger partial charge in [0.25, 0.3) is 0 Å². The molecule has 0 saturated heterocycles. The van der Waals surface area contributed by atoms with Gasteiger partial charge in [0, 0.05) is 19.0 Å². The van der Waals surface area contributed by atoms with E-state index in [2.05, 4.69) is 0 Å². The molecule has 2 aromatic rings. The highest BCUT2D eigenvalue weighted by molar-refractivity contribution is 7.87. The summed E-state index contributed by atoms with van der Waals surface area (Å²) in [5, 5.41) is 0. The van der Waals surface area contributed by atoms with Crippen molar-refractivity contribution in [3.63, 3.8) is 0 Å². The molecule has 3 rings (SSSR count). The predicted octanol–water partition coefficient (Wildman–Crippen LogP) is 5.26. The lowest BCUT2D eigenvalue weighted by molar-refractivity contribution is -0.139. The van der Waals surface area contributed by atoms with Crippen molar-refractivity contribution in [2.75, 3.05) is 6.54 Å². The van der Waals surface area contributed by atoms with Gasteiger partial charge in [0.15, 0.2) is 0 Å². The number of nitrogens with zero attached hydrogens (tertiary/aromatic N) is 1. The number of benzene rings is 2. The Balaban J connectivity index is 1.71. The Kier molecular flexibility index (Phi) is 7.17. The van der Waals surface area contributed by atoms with E-state index in [4.69, 9.17) is 4.18 Å². The summed E-state index contributed by atoms with van der Waals surface area (Å²) in [5.41, 5.74) is -0.263. The molecule has 0 atom stereocenters. The molecule has 2 aromatic carbocycles. The molecule has 1 aliphatic carbocycles. The van der Waals surface area contributed by atoms with Crippen LogP contribution in [-0.2, 0) is 27.6 Å². The van der Waals surface area contributed by atoms with Crippen LogP contribution in [0.2, 0.25) is 0 Å². The molecule has 1 saturated carbocycles. The summed E-state index contributed by atoms with van der Waals surface area (Å²) < 4.78 is 68.5. The molecule has 0 heterocycles. The standard InChI is InChI=1S/C23H26F3NO4S/c1-16(2)14-27(22(28)18-5-3-6-18)15-17-9-11-20(12-10-17)31-32(29,30)21-8-4-7-19(13-21)23(24,25)26/h4,7-13,16,18H,3,5-6,14-15H2,1-2H3. The van der Waals surface area contributed by atoms with Crippen LogP contribution in [0.1, 0.15) is 44.2 Å². The summed E-state index contributed by atoms with van der Waals surface area (Å²) in [6.07, 6.45) is -1.77. The van der Waals surface area contributed by atoms with E-state index in [-0.39, 0.29) is 17.6 Å². The van der Waals surface area contributed by atoms with Crippen molar-refractivity contribution in [2.24, 2.45) is 11.8 Å². The van der Waals surface area contributed by atoms with E-state index >= 15 is 0 Å². The Morgan fingerprint density at radius 1 is 1.12 bits per heavy atom. The topological polar surface area (TPSA) is 63.7 Å². The third-order valence-corrected chi connectivity index (χ3v) is 6.55. The molecule has 1 fully saturated rings. The van der Waals surface area contributed by atoms with E-state index < -0.39 is 26.8 Å². The fourth-order valence-corrected chi connectivity index (χ4v) is 4.44. The van der Waals surface area contributed by atoms with Crippen LogP contribution in [0.25, 0.3) is 0 Å². The normalized spacial score (nSPS) is 14.8. The molecule has 0 aromatic heterocycles. The average molecular weight is 470 g/mol. The maximum Gasteiger partial charge on any atom is 0.416 e. The van der Waals surface area contributed by atoms with Crippen molar-refractivity contribution >= 4 is 16.0 Å². The fourth-order valence-electron chi connectivity index (χ4n) is 3.46. The average Bonchev–Trinajstić information content (AvgIpc) is 2.66. The van der Waals surface area contributed by atoms with Gasteiger partial charge < -0.3 is 9.08 Å². The van der Waals surface area contributed by atoms with Crippen LogP contribution in [-0.4, -0.2) is 25.8 Å². The van der Waals surface area contributed by atoms with Crippen LogP contribution in [0.15, 0.2) is 53.4 Å². The van der Waals surface area contributed by atoms with E-state index in [0.29, 0.717) is 25.1 Å². The van der Waals surface area contributed by atoms with Gasteiger partial charge in [-0.3, -0.25) is 4.79 Å². The number of carbonyl (C=O) groups is 1. The lowest BCUT2D eigenvalue weighted by atomic mass is 9.84. The largest absolute Gasteiger partial charge is 0.416 e. The van der Waals surface area contributed by atoms with Gasteiger partial charge in [-0.05, 0) is 54.7 Å². The molecular weight excluding hydrogens is 443 g/mol. The van der Waals surface area contributed by atoms with Crippen molar-refractivity contribution in [3.05, 3.63) is 59.7 Å². The first-order valence-electron chi connectivity index (χ1n) is 10.4. The second-order valence-corrected chi connectivity index (χ2v) is 9.99. The van der Waals surface area contributed by atoms with Crippen LogP contribution < -0.4 is 4.18 Å². The van der Waals surface area contributed by atoms with Gasteiger partial charge >= 0.3 is 16.3 Å². The van der Waals surface area contributed by atoms with Crippen LogP contribution in [0.3, 0.4) is 0 Å². The monoisotopic (exact) mass is 469 g/mol. The first-order valence-corrected chi connectivity index (χ1v) is 11.9. The summed E-state index contributed by atoms with van der Waals surface area (Å²) in [5.74, 6) is 0.498. The first-order chi connectivity index (χ1) is 15.0. The van der Waals surface area contributed by atoms with E-state index in [0.717, 1.165) is 43.0 Å². The SMILES string of the molecule is CC(C)CN(Cc1ccc(OS(=O)(=O)c2cccc(C(F)(F)F)c2)cc1)C(=O)C1CCC1. The van der Waals surface area contributed by atoms with Crippen LogP contribution in [0, 0.1) is 11.8 Å². The van der Waals surface area contributed by atoms with Crippen molar-refractivity contribution in [3.8, 4) is 5.75 Å². The zero-order chi connectivity index (χ0) is 23.5. The first kappa shape index (κ1) is 24.1. The molecule has 32 heavy (non-hydrogen) atoms. The van der Waals surface area contributed by atoms with Gasteiger partial charge in [0.2, 0.25) is 5.91 Å². The minimum Gasteiger partial charge on any atom is -0.379 e. The molecule has 5 nitrogen and oxygen atoms in total. The second-order valence-electron chi connectivity index (χ2n) is 8.45. The van der Waals surface area contributed by atoms with Crippen LogP contribution in [0.4, 0.5) is 13.2 Å². The summed E-state index contributed by atoms with van der Waals surface area (Å²) in [7, 11) is -4.43. The molecule has 174 valence electrons. The summed E-state index contributed by atoms with van der Waals surface area (Å²) >= 11 is 0. The molecular formula is C23H26F3NO4S. The lowest BCUT2D eigenvalue weighted by Gasteiger charge is -2.32. The zero-order valence-electron chi connectivity index (χ0n) is 17.9. The van der Waals surface area contributed by atoms with Gasteiger partial charge in [-0.15, -0.1) is 0 Å². The minimum absolute atomic E-state index is 0.0214. The molecule has 0 bridgehead atoms. The van der Waals surface area contributed by atoms with Crippen molar-refractivity contribution < 1.29 is 30.6 Å². The predicted molar refractivity (Wildman–Crippen MR) is 113 cm³/mol. The van der Waals surface area contributed by atoms with E-state index in [1.165, 1.54) is 12.1 Å². The van der Waals surface area contributed by atoms with E-state index in [9.17, 15) is 26.4 Å². The van der Waals surface area contributed by atoms with E-state index in [1.54, 1.807) is 12.1 Å². The van der Waals surface area contributed by atoms with Gasteiger partial charge in [0.05, 0.1) is 5.56 Å². The minimum atomic E-state index is -4.66. The van der Waals surface area contributed by atoms with Crippen molar-refractivity contribution in [1.82, 2.24) is 4.90 Å². The highest BCUT2D eigenvalue weighted by atomic mass is 32.2. The number of amides is 1. The number of hydrogen-bond donors (Lipinski definition) is 0. The van der Waals surface area contributed by atoms with Crippen molar-refractivity contribution in [2.45, 2.75) is 50.7 Å². The molecule has 1 aliphatic rings. The Labute approximate surface area is 186 Å². The van der Waals surface area contributed by atoms with Crippen LogP contribution >= 0.6 is 0 Å². The maximum absolute atomic E-state index is 12.9. The fraction of sp³-hybridized carbons (Fsp3) is 0.435. The molecule has 0 aliphatic heterocycles. The Bertz CT molecular complexity index is 1050. The molecule has 1 amide bonds. The Morgan fingerprint density at radius 2 is 1.78 bits per heavy atom. The van der Waals surface area contributed by atoms with Gasteiger partial charge in [0.1, 0.15) is 10.6 Å².